The lowest BCUT2D eigenvalue weighted by molar-refractivity contribution is 0.413. The van der Waals surface area contributed by atoms with Gasteiger partial charge in [-0.15, -0.1) is 0 Å². The van der Waals surface area contributed by atoms with Crippen molar-refractivity contribution in [1.82, 2.24) is 14.5 Å². The monoisotopic (exact) mass is 426 g/mol. The Morgan fingerprint density at radius 2 is 1.93 bits per heavy atom. The number of pyridine rings is 1. The van der Waals surface area contributed by atoms with E-state index in [1.807, 2.05) is 31.2 Å². The molecule has 0 aliphatic carbocycles. The van der Waals surface area contributed by atoms with E-state index < -0.39 is 0 Å². The molecule has 0 radical (unpaired) electrons. The summed E-state index contributed by atoms with van der Waals surface area (Å²) in [6.07, 6.45) is 5.49. The second-order valence-electron chi connectivity index (χ2n) is 7.15. The lowest BCUT2D eigenvalue weighted by Crippen LogP contribution is -2.23. The lowest BCUT2D eigenvalue weighted by Gasteiger charge is -2.17. The summed E-state index contributed by atoms with van der Waals surface area (Å²) in [6, 6.07) is 11.0. The average Bonchev–Trinajstić information content (AvgIpc) is 2.77. The molecule has 158 valence electrons. The molecule has 0 bridgehead atoms. The Morgan fingerprint density at radius 1 is 1.17 bits per heavy atom. The van der Waals surface area contributed by atoms with Crippen molar-refractivity contribution in [3.8, 4) is 17.0 Å². The maximum Gasteiger partial charge on any atom is 0.251 e. The van der Waals surface area contributed by atoms with Crippen molar-refractivity contribution in [2.24, 2.45) is 0 Å². The Labute approximate surface area is 181 Å². The van der Waals surface area contributed by atoms with Crippen LogP contribution in [0.25, 0.3) is 11.3 Å². The number of methoxy groups -OCH3 is 1. The van der Waals surface area contributed by atoms with Crippen LogP contribution >= 0.6 is 11.6 Å². The normalized spacial score (nSPS) is 12.1. The van der Waals surface area contributed by atoms with Crippen LogP contribution in [-0.4, -0.2) is 27.7 Å². The third-order valence-corrected chi connectivity index (χ3v) is 5.61. The Balaban J connectivity index is 1.88. The van der Waals surface area contributed by atoms with E-state index in [-0.39, 0.29) is 11.6 Å². The van der Waals surface area contributed by atoms with Gasteiger partial charge in [0.15, 0.2) is 0 Å². The molecule has 0 saturated heterocycles. The van der Waals surface area contributed by atoms with Gasteiger partial charge in [-0.3, -0.25) is 4.79 Å². The van der Waals surface area contributed by atoms with Crippen LogP contribution in [0.5, 0.6) is 5.75 Å². The molecule has 0 spiro atoms. The fourth-order valence-corrected chi connectivity index (χ4v) is 3.52. The number of halogens is 1. The van der Waals surface area contributed by atoms with E-state index in [4.69, 9.17) is 16.3 Å². The van der Waals surface area contributed by atoms with Gasteiger partial charge in [0.1, 0.15) is 5.75 Å². The number of ether oxygens (including phenoxy) is 1. The van der Waals surface area contributed by atoms with Crippen LogP contribution in [0.2, 0.25) is 5.02 Å². The zero-order chi connectivity index (χ0) is 21.7. The third kappa shape index (κ3) is 4.82. The van der Waals surface area contributed by atoms with Crippen molar-refractivity contribution in [3.05, 3.63) is 69.7 Å². The fourth-order valence-electron chi connectivity index (χ4n) is 3.33. The Kier molecular flexibility index (Phi) is 7.11. The highest BCUT2D eigenvalue weighted by molar-refractivity contribution is 6.32. The molecule has 1 N–H and O–H groups in total. The molecule has 0 amide bonds. The van der Waals surface area contributed by atoms with Crippen LogP contribution in [0.15, 0.2) is 53.6 Å². The van der Waals surface area contributed by atoms with E-state index >= 15 is 0 Å². The van der Waals surface area contributed by atoms with Gasteiger partial charge in [0.2, 0.25) is 5.95 Å². The molecule has 1 unspecified atom stereocenters. The van der Waals surface area contributed by atoms with Crippen molar-refractivity contribution in [2.45, 2.75) is 45.7 Å². The number of rotatable bonds is 8. The highest BCUT2D eigenvalue weighted by Crippen LogP contribution is 2.29. The van der Waals surface area contributed by atoms with Gasteiger partial charge in [-0.25, -0.2) is 9.97 Å². The molecule has 1 atom stereocenters. The molecule has 0 aliphatic rings. The first-order valence-electron chi connectivity index (χ1n) is 10.1. The predicted octanol–water partition coefficient (Wildman–Crippen LogP) is 5.18. The largest absolute Gasteiger partial charge is 0.495 e. The molecule has 0 aliphatic heterocycles. The minimum Gasteiger partial charge on any atom is -0.495 e. The molecule has 7 heteroatoms. The summed E-state index contributed by atoms with van der Waals surface area (Å²) < 4.78 is 6.97. The zero-order valence-electron chi connectivity index (χ0n) is 17.7. The minimum atomic E-state index is -0.171. The lowest BCUT2D eigenvalue weighted by atomic mass is 10.1. The average molecular weight is 427 g/mol. The standard InChI is InChI=1S/C23H27ClN4O2/c1-5-18(6-2)26-23-25-11-9-20(27-23)17-10-12-28(22(29)14-17)15(3)16-7-8-19(24)21(13-16)30-4/h7-15,18H,5-6H2,1-4H3,(H,25,26,27). The second kappa shape index (κ2) is 9.76. The molecular formula is C23H27ClN4O2. The fraction of sp³-hybridized carbons (Fsp3) is 0.348. The molecule has 30 heavy (non-hydrogen) atoms. The van der Waals surface area contributed by atoms with Gasteiger partial charge in [-0.2, -0.15) is 0 Å². The van der Waals surface area contributed by atoms with Gasteiger partial charge in [0.25, 0.3) is 5.56 Å². The molecular weight excluding hydrogens is 400 g/mol. The van der Waals surface area contributed by atoms with Crippen molar-refractivity contribution >= 4 is 17.5 Å². The molecule has 3 rings (SSSR count). The van der Waals surface area contributed by atoms with Crippen molar-refractivity contribution < 1.29 is 4.74 Å². The summed E-state index contributed by atoms with van der Waals surface area (Å²) in [4.78, 5) is 21.7. The number of anilines is 1. The number of nitrogens with zero attached hydrogens (tertiary/aromatic N) is 3. The highest BCUT2D eigenvalue weighted by atomic mass is 35.5. The zero-order valence-corrected chi connectivity index (χ0v) is 18.5. The summed E-state index contributed by atoms with van der Waals surface area (Å²) in [5, 5.41) is 3.88. The first kappa shape index (κ1) is 21.8. The van der Waals surface area contributed by atoms with Crippen LogP contribution in [0.1, 0.15) is 45.2 Å². The van der Waals surface area contributed by atoms with Crippen LogP contribution in [0.3, 0.4) is 0 Å². The number of benzene rings is 1. The first-order valence-corrected chi connectivity index (χ1v) is 10.5. The van der Waals surface area contributed by atoms with Crippen molar-refractivity contribution in [3.63, 3.8) is 0 Å². The SMILES string of the molecule is CCC(CC)Nc1nccc(-c2ccn(C(C)c3ccc(Cl)c(OC)c3)c(=O)c2)n1. The van der Waals surface area contributed by atoms with E-state index in [1.165, 1.54) is 0 Å². The predicted molar refractivity (Wildman–Crippen MR) is 122 cm³/mol. The maximum atomic E-state index is 12.9. The van der Waals surface area contributed by atoms with Gasteiger partial charge in [-0.05, 0) is 49.6 Å². The first-order chi connectivity index (χ1) is 14.5. The van der Waals surface area contributed by atoms with E-state index in [2.05, 4.69) is 29.1 Å². The van der Waals surface area contributed by atoms with Crippen LogP contribution in [0.4, 0.5) is 5.95 Å². The topological polar surface area (TPSA) is 69.0 Å². The van der Waals surface area contributed by atoms with E-state index in [1.54, 1.807) is 36.2 Å². The van der Waals surface area contributed by atoms with Gasteiger partial charge < -0.3 is 14.6 Å². The Hall–Kier alpha value is -2.86. The van der Waals surface area contributed by atoms with Gasteiger partial charge in [0, 0.05) is 30.1 Å². The molecule has 0 fully saturated rings. The van der Waals surface area contributed by atoms with Crippen molar-refractivity contribution in [2.75, 3.05) is 12.4 Å². The maximum absolute atomic E-state index is 12.9. The summed E-state index contributed by atoms with van der Waals surface area (Å²) in [5.74, 6) is 1.16. The molecule has 0 saturated carbocycles. The van der Waals surface area contributed by atoms with E-state index in [0.717, 1.165) is 24.0 Å². The second-order valence-corrected chi connectivity index (χ2v) is 7.56. The van der Waals surface area contributed by atoms with Crippen LogP contribution < -0.4 is 15.6 Å². The smallest absolute Gasteiger partial charge is 0.251 e. The molecule has 2 heterocycles. The molecule has 1 aromatic carbocycles. The van der Waals surface area contributed by atoms with E-state index in [0.29, 0.717) is 28.5 Å². The summed E-state index contributed by atoms with van der Waals surface area (Å²) in [6.45, 7) is 6.22. The van der Waals surface area contributed by atoms with Gasteiger partial charge >= 0.3 is 0 Å². The molecule has 2 aromatic heterocycles. The summed E-state index contributed by atoms with van der Waals surface area (Å²) in [7, 11) is 1.57. The molecule has 6 nitrogen and oxygen atoms in total. The molecule has 3 aromatic rings. The van der Waals surface area contributed by atoms with Crippen LogP contribution in [-0.2, 0) is 0 Å². The van der Waals surface area contributed by atoms with Gasteiger partial charge in [-0.1, -0.05) is 31.5 Å². The van der Waals surface area contributed by atoms with Crippen LogP contribution in [0, 0.1) is 0 Å². The number of hydrogen-bond donors (Lipinski definition) is 1. The summed E-state index contributed by atoms with van der Waals surface area (Å²) >= 11 is 6.12. The minimum absolute atomic E-state index is 0.109. The van der Waals surface area contributed by atoms with E-state index in [9.17, 15) is 4.79 Å². The number of hydrogen-bond acceptors (Lipinski definition) is 5. The number of nitrogens with one attached hydrogen (secondary N) is 1. The summed E-state index contributed by atoms with van der Waals surface area (Å²) in [5.41, 5.74) is 2.29. The Bertz CT molecular complexity index is 1060. The van der Waals surface area contributed by atoms with Gasteiger partial charge in [0.05, 0.1) is 23.9 Å². The quantitative estimate of drug-likeness (QED) is 0.537. The number of aromatic nitrogens is 3. The van der Waals surface area contributed by atoms with Crippen molar-refractivity contribution in [1.29, 1.82) is 0 Å². The Morgan fingerprint density at radius 3 is 2.60 bits per heavy atom. The highest BCUT2D eigenvalue weighted by Gasteiger charge is 2.13. The third-order valence-electron chi connectivity index (χ3n) is 5.29.